The highest BCUT2D eigenvalue weighted by Gasteiger charge is 2.33. The molecule has 1 aromatic rings. The Balaban J connectivity index is 2.15. The van der Waals surface area contributed by atoms with Gasteiger partial charge in [0.05, 0.1) is 6.20 Å². The Bertz CT molecular complexity index is 422. The number of hydrogen-bond donors (Lipinski definition) is 1. The van der Waals surface area contributed by atoms with Gasteiger partial charge in [-0.05, 0) is 13.8 Å². The highest BCUT2D eigenvalue weighted by molar-refractivity contribution is 5.82. The van der Waals surface area contributed by atoms with Crippen molar-refractivity contribution in [1.82, 2.24) is 20.2 Å². The number of nitrogens with zero attached hydrogens (tertiary/aromatic N) is 4. The summed E-state index contributed by atoms with van der Waals surface area (Å²) in [5, 5.41) is 2.75. The standard InChI is InChI=1S/C13H21N5O/c1-10(2)18-7-6-17(9-11(18)13(19)14-3)12-8-15-4-5-16-12/h4-5,8,10-11H,6-7,9H2,1-3H3,(H,14,19). The first kappa shape index (κ1) is 13.7. The second-order valence-electron chi connectivity index (χ2n) is 4.97. The van der Waals surface area contributed by atoms with E-state index in [9.17, 15) is 4.79 Å². The Labute approximate surface area is 113 Å². The van der Waals surface area contributed by atoms with E-state index >= 15 is 0 Å². The molecular formula is C13H21N5O. The first-order valence-corrected chi connectivity index (χ1v) is 6.61. The molecule has 1 aliphatic rings. The summed E-state index contributed by atoms with van der Waals surface area (Å²) in [7, 11) is 1.68. The predicted molar refractivity (Wildman–Crippen MR) is 73.9 cm³/mol. The normalized spacial score (nSPS) is 20.6. The van der Waals surface area contributed by atoms with Crippen molar-refractivity contribution in [3.63, 3.8) is 0 Å². The number of anilines is 1. The summed E-state index contributed by atoms with van der Waals surface area (Å²) in [5.41, 5.74) is 0. The van der Waals surface area contributed by atoms with Gasteiger partial charge in [0.25, 0.3) is 0 Å². The zero-order chi connectivity index (χ0) is 13.8. The van der Waals surface area contributed by atoms with Gasteiger partial charge >= 0.3 is 0 Å². The molecule has 1 atom stereocenters. The minimum Gasteiger partial charge on any atom is -0.358 e. The molecule has 104 valence electrons. The van der Waals surface area contributed by atoms with Crippen molar-refractivity contribution in [1.29, 1.82) is 0 Å². The van der Waals surface area contributed by atoms with Crippen molar-refractivity contribution >= 4 is 11.7 Å². The van der Waals surface area contributed by atoms with Crippen molar-refractivity contribution in [3.05, 3.63) is 18.6 Å². The lowest BCUT2D eigenvalue weighted by molar-refractivity contribution is -0.127. The molecule has 6 nitrogen and oxygen atoms in total. The smallest absolute Gasteiger partial charge is 0.238 e. The van der Waals surface area contributed by atoms with E-state index < -0.39 is 0 Å². The van der Waals surface area contributed by atoms with Gasteiger partial charge in [-0.15, -0.1) is 0 Å². The summed E-state index contributed by atoms with van der Waals surface area (Å²) in [5.74, 6) is 0.891. The number of carbonyl (C=O) groups is 1. The average molecular weight is 263 g/mol. The molecule has 0 bridgehead atoms. The molecule has 2 heterocycles. The maximum absolute atomic E-state index is 12.0. The third-order valence-electron chi connectivity index (χ3n) is 3.51. The van der Waals surface area contributed by atoms with E-state index in [-0.39, 0.29) is 11.9 Å². The fourth-order valence-corrected chi connectivity index (χ4v) is 2.48. The Hall–Kier alpha value is -1.69. The van der Waals surface area contributed by atoms with E-state index in [4.69, 9.17) is 0 Å². The molecule has 1 unspecified atom stereocenters. The average Bonchev–Trinajstić information content (AvgIpc) is 2.46. The highest BCUT2D eigenvalue weighted by atomic mass is 16.2. The fraction of sp³-hybridized carbons (Fsp3) is 0.615. The van der Waals surface area contributed by atoms with E-state index in [1.807, 2.05) is 0 Å². The van der Waals surface area contributed by atoms with Crippen molar-refractivity contribution in [2.24, 2.45) is 0 Å². The molecule has 1 N–H and O–H groups in total. The molecule has 1 aliphatic heterocycles. The summed E-state index contributed by atoms with van der Waals surface area (Å²) in [6, 6.07) is 0.215. The van der Waals surface area contributed by atoms with Crippen LogP contribution in [0.25, 0.3) is 0 Å². The summed E-state index contributed by atoms with van der Waals surface area (Å²) < 4.78 is 0. The maximum atomic E-state index is 12.0. The third kappa shape index (κ3) is 3.01. The minimum absolute atomic E-state index is 0.0577. The third-order valence-corrected chi connectivity index (χ3v) is 3.51. The number of aromatic nitrogens is 2. The first-order chi connectivity index (χ1) is 9.13. The number of amides is 1. The lowest BCUT2D eigenvalue weighted by Gasteiger charge is -2.42. The summed E-state index contributed by atoms with van der Waals surface area (Å²) in [6.45, 7) is 6.61. The summed E-state index contributed by atoms with van der Waals surface area (Å²) >= 11 is 0. The van der Waals surface area contributed by atoms with Crippen molar-refractivity contribution in [2.45, 2.75) is 25.9 Å². The van der Waals surface area contributed by atoms with Crippen molar-refractivity contribution < 1.29 is 4.79 Å². The van der Waals surface area contributed by atoms with Gasteiger partial charge in [0.2, 0.25) is 5.91 Å². The molecule has 0 radical (unpaired) electrons. The van der Waals surface area contributed by atoms with E-state index in [0.717, 1.165) is 18.9 Å². The number of carbonyl (C=O) groups excluding carboxylic acids is 1. The quantitative estimate of drug-likeness (QED) is 0.839. The fourth-order valence-electron chi connectivity index (χ4n) is 2.48. The molecule has 6 heteroatoms. The van der Waals surface area contributed by atoms with Crippen LogP contribution in [0.3, 0.4) is 0 Å². The lowest BCUT2D eigenvalue weighted by atomic mass is 10.1. The largest absolute Gasteiger partial charge is 0.358 e. The zero-order valence-corrected chi connectivity index (χ0v) is 11.7. The van der Waals surface area contributed by atoms with Crippen LogP contribution in [0.5, 0.6) is 0 Å². The van der Waals surface area contributed by atoms with Crippen LogP contribution in [0.1, 0.15) is 13.8 Å². The topological polar surface area (TPSA) is 61.4 Å². The van der Waals surface area contributed by atoms with Gasteiger partial charge in [-0.2, -0.15) is 0 Å². The van der Waals surface area contributed by atoms with Gasteiger partial charge in [0, 0.05) is 45.1 Å². The second kappa shape index (κ2) is 5.97. The Morgan fingerprint density at radius 2 is 2.21 bits per heavy atom. The number of piperazine rings is 1. The molecule has 1 fully saturated rings. The van der Waals surface area contributed by atoms with Crippen LogP contribution >= 0.6 is 0 Å². The molecule has 0 saturated carbocycles. The van der Waals surface area contributed by atoms with Crippen LogP contribution in [0.15, 0.2) is 18.6 Å². The van der Waals surface area contributed by atoms with Gasteiger partial charge in [-0.3, -0.25) is 14.7 Å². The van der Waals surface area contributed by atoms with Crippen LogP contribution in [-0.4, -0.2) is 59.5 Å². The number of hydrogen-bond acceptors (Lipinski definition) is 5. The molecule has 1 saturated heterocycles. The van der Waals surface area contributed by atoms with Crippen molar-refractivity contribution in [2.75, 3.05) is 31.6 Å². The van der Waals surface area contributed by atoms with E-state index in [0.29, 0.717) is 12.6 Å². The molecule has 1 aromatic heterocycles. The molecular weight excluding hydrogens is 242 g/mol. The van der Waals surface area contributed by atoms with Crippen LogP contribution in [0.4, 0.5) is 5.82 Å². The van der Waals surface area contributed by atoms with Crippen LogP contribution in [0, 0.1) is 0 Å². The van der Waals surface area contributed by atoms with Crippen LogP contribution in [-0.2, 0) is 4.79 Å². The minimum atomic E-state index is -0.138. The first-order valence-electron chi connectivity index (χ1n) is 6.61. The molecule has 0 aromatic carbocycles. The van der Waals surface area contributed by atoms with Crippen LogP contribution in [0.2, 0.25) is 0 Å². The SMILES string of the molecule is CNC(=O)C1CN(c2cnccn2)CCN1C(C)C. The second-order valence-corrected chi connectivity index (χ2v) is 4.97. The summed E-state index contributed by atoms with van der Waals surface area (Å²) in [6.07, 6.45) is 5.08. The maximum Gasteiger partial charge on any atom is 0.238 e. The monoisotopic (exact) mass is 263 g/mol. The summed E-state index contributed by atoms with van der Waals surface area (Å²) in [4.78, 5) is 24.8. The Morgan fingerprint density at radius 3 is 2.79 bits per heavy atom. The lowest BCUT2D eigenvalue weighted by Crippen LogP contribution is -2.60. The predicted octanol–water partition coefficient (Wildman–Crippen LogP) is 0.122. The van der Waals surface area contributed by atoms with E-state index in [1.54, 1.807) is 25.6 Å². The van der Waals surface area contributed by atoms with Gasteiger partial charge < -0.3 is 10.2 Å². The number of nitrogens with one attached hydrogen (secondary N) is 1. The van der Waals surface area contributed by atoms with Crippen molar-refractivity contribution in [3.8, 4) is 0 Å². The Kier molecular flexibility index (Phi) is 4.31. The van der Waals surface area contributed by atoms with Crippen LogP contribution < -0.4 is 10.2 Å². The number of rotatable bonds is 3. The number of likely N-dealkylation sites (N-methyl/N-ethyl adjacent to an activating group) is 1. The molecule has 19 heavy (non-hydrogen) atoms. The van der Waals surface area contributed by atoms with Gasteiger partial charge in [0.15, 0.2) is 0 Å². The van der Waals surface area contributed by atoms with E-state index in [1.165, 1.54) is 0 Å². The van der Waals surface area contributed by atoms with Gasteiger partial charge in [-0.25, -0.2) is 4.98 Å². The molecule has 0 aliphatic carbocycles. The van der Waals surface area contributed by atoms with Gasteiger partial charge in [0.1, 0.15) is 11.9 Å². The van der Waals surface area contributed by atoms with Gasteiger partial charge in [-0.1, -0.05) is 0 Å². The van der Waals surface area contributed by atoms with E-state index in [2.05, 4.69) is 38.9 Å². The Morgan fingerprint density at radius 1 is 1.42 bits per heavy atom. The molecule has 1 amide bonds. The molecule has 2 rings (SSSR count). The molecule has 0 spiro atoms. The zero-order valence-electron chi connectivity index (χ0n) is 11.7. The highest BCUT2D eigenvalue weighted by Crippen LogP contribution is 2.18.